The molecule has 32 heavy (non-hydrogen) atoms. The molecule has 0 unspecified atom stereocenters. The standard InChI is InChI=1S/C26H33N5O/c1-7-12-31-16-23(21(6)30-31)15-27-26(28-24-11-8-17(2)13-20(24)5)29-25(32)22-10-9-18(3)19(4)14-22/h8-11,13-14,16H,7,12,15H2,1-6H3,(H2,27,28,29,32). The van der Waals surface area contributed by atoms with Crippen LogP contribution < -0.4 is 10.6 Å². The van der Waals surface area contributed by atoms with Gasteiger partial charge < -0.3 is 5.32 Å². The van der Waals surface area contributed by atoms with E-state index in [2.05, 4.69) is 35.6 Å². The molecule has 1 amide bonds. The van der Waals surface area contributed by atoms with Crippen molar-refractivity contribution in [2.45, 2.75) is 61.1 Å². The summed E-state index contributed by atoms with van der Waals surface area (Å²) in [5, 5.41) is 10.8. The van der Waals surface area contributed by atoms with E-state index in [4.69, 9.17) is 4.99 Å². The van der Waals surface area contributed by atoms with Crippen LogP contribution in [0.15, 0.2) is 47.6 Å². The fourth-order valence-electron chi connectivity index (χ4n) is 3.48. The van der Waals surface area contributed by atoms with Crippen molar-refractivity contribution in [2.24, 2.45) is 4.99 Å². The van der Waals surface area contributed by atoms with Crippen LogP contribution >= 0.6 is 0 Å². The van der Waals surface area contributed by atoms with Crippen LogP contribution in [-0.4, -0.2) is 21.6 Å². The predicted octanol–water partition coefficient (Wildman–Crippen LogP) is 5.23. The second-order valence-electron chi connectivity index (χ2n) is 8.36. The van der Waals surface area contributed by atoms with Gasteiger partial charge in [0.2, 0.25) is 5.96 Å². The highest BCUT2D eigenvalue weighted by Crippen LogP contribution is 2.17. The van der Waals surface area contributed by atoms with E-state index in [1.54, 1.807) is 0 Å². The molecule has 6 nitrogen and oxygen atoms in total. The van der Waals surface area contributed by atoms with Crippen molar-refractivity contribution in [3.8, 4) is 0 Å². The maximum absolute atomic E-state index is 13.0. The highest BCUT2D eigenvalue weighted by molar-refractivity contribution is 6.10. The highest BCUT2D eigenvalue weighted by Gasteiger charge is 2.12. The summed E-state index contributed by atoms with van der Waals surface area (Å²) >= 11 is 0. The van der Waals surface area contributed by atoms with Gasteiger partial charge in [-0.25, -0.2) is 4.99 Å². The van der Waals surface area contributed by atoms with E-state index in [1.165, 1.54) is 5.56 Å². The minimum atomic E-state index is -0.192. The number of benzene rings is 2. The molecule has 0 atom stereocenters. The minimum absolute atomic E-state index is 0.192. The number of amides is 1. The molecule has 0 radical (unpaired) electrons. The van der Waals surface area contributed by atoms with Crippen molar-refractivity contribution in [3.63, 3.8) is 0 Å². The zero-order valence-electron chi connectivity index (χ0n) is 19.9. The van der Waals surface area contributed by atoms with Crippen molar-refractivity contribution < 1.29 is 4.79 Å². The first kappa shape index (κ1) is 23.3. The summed E-state index contributed by atoms with van der Waals surface area (Å²) in [4.78, 5) is 17.7. The number of carbonyl (C=O) groups excluding carboxylic acids is 1. The average molecular weight is 432 g/mol. The van der Waals surface area contributed by atoms with Crippen molar-refractivity contribution >= 4 is 17.6 Å². The fraction of sp³-hybridized carbons (Fsp3) is 0.346. The number of anilines is 1. The van der Waals surface area contributed by atoms with Crippen LogP contribution in [0.3, 0.4) is 0 Å². The molecule has 3 aromatic rings. The summed E-state index contributed by atoms with van der Waals surface area (Å²) in [6, 6.07) is 11.8. The van der Waals surface area contributed by atoms with E-state index in [1.807, 2.05) is 68.9 Å². The zero-order valence-corrected chi connectivity index (χ0v) is 19.9. The van der Waals surface area contributed by atoms with Gasteiger partial charge in [-0.2, -0.15) is 5.10 Å². The molecule has 0 saturated heterocycles. The smallest absolute Gasteiger partial charge is 0.257 e. The number of carbonyl (C=O) groups is 1. The lowest BCUT2D eigenvalue weighted by Gasteiger charge is -2.14. The summed E-state index contributed by atoms with van der Waals surface area (Å²) in [5.41, 5.74) is 8.02. The molecule has 3 rings (SSSR count). The number of aliphatic imine (C=N–C) groups is 1. The van der Waals surface area contributed by atoms with Gasteiger partial charge in [0.05, 0.1) is 12.2 Å². The van der Waals surface area contributed by atoms with Gasteiger partial charge >= 0.3 is 0 Å². The Morgan fingerprint density at radius 2 is 1.78 bits per heavy atom. The van der Waals surface area contributed by atoms with Gasteiger partial charge in [-0.05, 0) is 75.9 Å². The zero-order chi connectivity index (χ0) is 23.3. The van der Waals surface area contributed by atoms with Crippen LogP contribution in [-0.2, 0) is 13.1 Å². The van der Waals surface area contributed by atoms with Crippen LogP contribution in [0, 0.1) is 34.6 Å². The third-order valence-corrected chi connectivity index (χ3v) is 5.54. The first-order valence-corrected chi connectivity index (χ1v) is 11.1. The fourth-order valence-corrected chi connectivity index (χ4v) is 3.48. The van der Waals surface area contributed by atoms with Gasteiger partial charge in [0.15, 0.2) is 0 Å². The molecule has 2 N–H and O–H groups in total. The minimum Gasteiger partial charge on any atom is -0.326 e. The Morgan fingerprint density at radius 3 is 2.47 bits per heavy atom. The van der Waals surface area contributed by atoms with Gasteiger partial charge in [0.1, 0.15) is 0 Å². The van der Waals surface area contributed by atoms with Gasteiger partial charge in [-0.15, -0.1) is 0 Å². The van der Waals surface area contributed by atoms with Crippen LogP contribution in [0.25, 0.3) is 0 Å². The molecule has 1 aromatic heterocycles. The second-order valence-corrected chi connectivity index (χ2v) is 8.36. The third-order valence-electron chi connectivity index (χ3n) is 5.54. The molecule has 168 valence electrons. The van der Waals surface area contributed by atoms with Crippen LogP contribution in [0.5, 0.6) is 0 Å². The van der Waals surface area contributed by atoms with Crippen molar-refractivity contribution in [3.05, 3.63) is 81.7 Å². The number of hydrogen-bond acceptors (Lipinski definition) is 3. The molecular formula is C26H33N5O. The molecule has 0 bridgehead atoms. The Hall–Kier alpha value is -3.41. The Balaban J connectivity index is 1.86. The molecule has 0 aliphatic rings. The number of aryl methyl sites for hydroxylation is 6. The van der Waals surface area contributed by atoms with Gasteiger partial charge in [0.25, 0.3) is 5.91 Å². The monoisotopic (exact) mass is 431 g/mol. The quantitative estimate of drug-likeness (QED) is 0.414. The Kier molecular flexibility index (Phi) is 7.46. The lowest BCUT2D eigenvalue weighted by Crippen LogP contribution is -2.36. The first-order valence-electron chi connectivity index (χ1n) is 11.1. The molecular weight excluding hydrogens is 398 g/mol. The molecule has 6 heteroatoms. The van der Waals surface area contributed by atoms with Gasteiger partial charge in [-0.1, -0.05) is 30.7 Å². The van der Waals surface area contributed by atoms with Crippen LogP contribution in [0.2, 0.25) is 0 Å². The summed E-state index contributed by atoms with van der Waals surface area (Å²) in [7, 11) is 0. The van der Waals surface area contributed by atoms with Crippen molar-refractivity contribution in [2.75, 3.05) is 5.32 Å². The number of nitrogens with zero attached hydrogens (tertiary/aromatic N) is 3. The number of aromatic nitrogens is 2. The highest BCUT2D eigenvalue weighted by atomic mass is 16.1. The number of guanidine groups is 1. The molecule has 0 aliphatic heterocycles. The maximum atomic E-state index is 13.0. The van der Waals surface area contributed by atoms with E-state index in [0.29, 0.717) is 18.1 Å². The molecule has 0 saturated carbocycles. The molecule has 1 heterocycles. The summed E-state index contributed by atoms with van der Waals surface area (Å²) in [5.74, 6) is 0.227. The Bertz CT molecular complexity index is 1140. The summed E-state index contributed by atoms with van der Waals surface area (Å²) in [6.07, 6.45) is 3.05. The summed E-state index contributed by atoms with van der Waals surface area (Å²) < 4.78 is 1.95. The van der Waals surface area contributed by atoms with E-state index >= 15 is 0 Å². The predicted molar refractivity (Wildman–Crippen MR) is 131 cm³/mol. The molecule has 0 fully saturated rings. The van der Waals surface area contributed by atoms with Crippen LogP contribution in [0.4, 0.5) is 5.69 Å². The number of hydrogen-bond donors (Lipinski definition) is 2. The molecule has 2 aromatic carbocycles. The van der Waals surface area contributed by atoms with Crippen LogP contribution in [0.1, 0.15) is 57.2 Å². The normalized spacial score (nSPS) is 11.5. The number of nitrogens with one attached hydrogen (secondary N) is 2. The molecule has 0 spiro atoms. The van der Waals surface area contributed by atoms with Gasteiger partial charge in [0, 0.05) is 29.6 Å². The second kappa shape index (κ2) is 10.3. The Morgan fingerprint density at radius 1 is 1.00 bits per heavy atom. The Labute approximate surface area is 190 Å². The van der Waals surface area contributed by atoms with E-state index in [-0.39, 0.29) is 5.91 Å². The van der Waals surface area contributed by atoms with Crippen molar-refractivity contribution in [1.29, 1.82) is 0 Å². The van der Waals surface area contributed by atoms with E-state index in [9.17, 15) is 4.79 Å². The average Bonchev–Trinajstić information content (AvgIpc) is 3.09. The SMILES string of the molecule is CCCn1cc(CN=C(NC(=O)c2ccc(C)c(C)c2)Nc2ccc(C)cc2C)c(C)n1. The van der Waals surface area contributed by atoms with Crippen molar-refractivity contribution in [1.82, 2.24) is 15.1 Å². The topological polar surface area (TPSA) is 71.3 Å². The van der Waals surface area contributed by atoms with Gasteiger partial charge in [-0.3, -0.25) is 14.8 Å². The largest absolute Gasteiger partial charge is 0.326 e. The van der Waals surface area contributed by atoms with E-state index in [0.717, 1.165) is 46.6 Å². The first-order chi connectivity index (χ1) is 15.3. The summed E-state index contributed by atoms with van der Waals surface area (Å²) in [6.45, 7) is 13.6. The lowest BCUT2D eigenvalue weighted by atomic mass is 10.1. The number of rotatable bonds is 6. The third kappa shape index (κ3) is 5.84. The molecule has 0 aliphatic carbocycles. The lowest BCUT2D eigenvalue weighted by molar-refractivity contribution is 0.0977. The maximum Gasteiger partial charge on any atom is 0.257 e. The van der Waals surface area contributed by atoms with E-state index < -0.39 is 0 Å².